The fourth-order valence-electron chi connectivity index (χ4n) is 2.78. The van der Waals surface area contributed by atoms with Gasteiger partial charge in [0.1, 0.15) is 0 Å². The van der Waals surface area contributed by atoms with Crippen molar-refractivity contribution in [3.8, 4) is 0 Å². The maximum Gasteiger partial charge on any atom is 0.240 e. The molecule has 2 aromatic rings. The molecule has 1 saturated heterocycles. The zero-order valence-corrected chi connectivity index (χ0v) is 14.1. The van der Waals surface area contributed by atoms with Crippen molar-refractivity contribution in [2.24, 2.45) is 0 Å². The molecule has 1 N–H and O–H groups in total. The first-order chi connectivity index (χ1) is 11.6. The number of carbonyl (C=O) groups is 1. The van der Waals surface area contributed by atoms with Gasteiger partial charge in [0.2, 0.25) is 15.9 Å². The second-order valence-electron chi connectivity index (χ2n) is 5.78. The number of anilines is 1. The van der Waals surface area contributed by atoms with E-state index < -0.39 is 10.0 Å². The third-order valence-electron chi connectivity index (χ3n) is 4.08. The van der Waals surface area contributed by atoms with Crippen LogP contribution in [0.4, 0.5) is 5.69 Å². The number of benzene rings is 2. The van der Waals surface area contributed by atoms with Gasteiger partial charge < -0.3 is 4.90 Å². The van der Waals surface area contributed by atoms with E-state index in [-0.39, 0.29) is 10.8 Å². The molecule has 0 saturated carbocycles. The lowest BCUT2D eigenvalue weighted by molar-refractivity contribution is -0.117. The molecule has 1 aliphatic rings. The van der Waals surface area contributed by atoms with Gasteiger partial charge in [0.25, 0.3) is 0 Å². The molecular formula is C18H20N2O3S. The van der Waals surface area contributed by atoms with Crippen molar-refractivity contribution in [1.82, 2.24) is 4.72 Å². The number of hydrogen-bond acceptors (Lipinski definition) is 3. The molecule has 1 aliphatic heterocycles. The molecule has 24 heavy (non-hydrogen) atoms. The van der Waals surface area contributed by atoms with E-state index in [1.165, 1.54) is 0 Å². The smallest absolute Gasteiger partial charge is 0.240 e. The summed E-state index contributed by atoms with van der Waals surface area (Å²) in [5.74, 6) is 0.0894. The third-order valence-corrected chi connectivity index (χ3v) is 5.56. The number of nitrogens with zero attached hydrogens (tertiary/aromatic N) is 1. The lowest BCUT2D eigenvalue weighted by Crippen LogP contribution is -2.26. The molecule has 5 nitrogen and oxygen atoms in total. The highest BCUT2D eigenvalue weighted by Crippen LogP contribution is 2.22. The van der Waals surface area contributed by atoms with Crippen molar-refractivity contribution in [2.75, 3.05) is 18.0 Å². The van der Waals surface area contributed by atoms with Crippen LogP contribution in [0, 0.1) is 0 Å². The molecule has 1 heterocycles. The van der Waals surface area contributed by atoms with E-state index >= 15 is 0 Å². The van der Waals surface area contributed by atoms with Gasteiger partial charge in [-0.05, 0) is 42.7 Å². The zero-order valence-electron chi connectivity index (χ0n) is 13.3. The predicted octanol–water partition coefficient (Wildman–Crippen LogP) is 2.33. The normalized spacial score (nSPS) is 15.0. The molecule has 6 heteroatoms. The van der Waals surface area contributed by atoms with Crippen LogP contribution >= 0.6 is 0 Å². The van der Waals surface area contributed by atoms with E-state index in [9.17, 15) is 13.2 Å². The minimum absolute atomic E-state index is 0.0894. The van der Waals surface area contributed by atoms with Crippen LogP contribution in [0.1, 0.15) is 18.4 Å². The summed E-state index contributed by atoms with van der Waals surface area (Å²) >= 11 is 0. The molecule has 0 atom stereocenters. The highest BCUT2D eigenvalue weighted by atomic mass is 32.2. The first-order valence-electron chi connectivity index (χ1n) is 8.00. The molecule has 0 unspecified atom stereocenters. The van der Waals surface area contributed by atoms with Crippen LogP contribution in [-0.4, -0.2) is 27.4 Å². The lowest BCUT2D eigenvalue weighted by atomic mass is 10.2. The summed E-state index contributed by atoms with van der Waals surface area (Å²) in [6.07, 6.45) is 2.04. The molecule has 0 spiro atoms. The summed E-state index contributed by atoms with van der Waals surface area (Å²) in [4.78, 5) is 13.6. The standard InChI is InChI=1S/C18H20N2O3S/c21-18-7-4-14-20(18)16-8-10-17(11-9-16)24(22,23)19-13-12-15-5-2-1-3-6-15/h1-3,5-6,8-11,19H,4,7,12-14H2. The maximum atomic E-state index is 12.3. The molecule has 0 bridgehead atoms. The van der Waals surface area contributed by atoms with E-state index in [0.717, 1.165) is 17.7 Å². The third kappa shape index (κ3) is 3.83. The van der Waals surface area contributed by atoms with Gasteiger partial charge in [-0.25, -0.2) is 13.1 Å². The molecule has 0 aliphatic carbocycles. The topological polar surface area (TPSA) is 66.5 Å². The van der Waals surface area contributed by atoms with Gasteiger partial charge in [0.05, 0.1) is 4.90 Å². The Kier molecular flexibility index (Phi) is 4.97. The summed E-state index contributed by atoms with van der Waals surface area (Å²) in [7, 11) is -3.54. The second-order valence-corrected chi connectivity index (χ2v) is 7.54. The fraction of sp³-hybridized carbons (Fsp3) is 0.278. The van der Waals surface area contributed by atoms with Crippen LogP contribution in [-0.2, 0) is 21.2 Å². The van der Waals surface area contributed by atoms with Gasteiger partial charge >= 0.3 is 0 Å². The summed E-state index contributed by atoms with van der Waals surface area (Å²) < 4.78 is 27.3. The Morgan fingerprint density at radius 3 is 2.33 bits per heavy atom. The van der Waals surface area contributed by atoms with Crippen molar-refractivity contribution >= 4 is 21.6 Å². The van der Waals surface area contributed by atoms with E-state index in [4.69, 9.17) is 0 Å². The second kappa shape index (κ2) is 7.15. The zero-order chi connectivity index (χ0) is 17.0. The Bertz CT molecular complexity index is 802. The number of hydrogen-bond donors (Lipinski definition) is 1. The number of sulfonamides is 1. The van der Waals surface area contributed by atoms with Crippen LogP contribution in [0.25, 0.3) is 0 Å². The van der Waals surface area contributed by atoms with Crippen LogP contribution in [0.15, 0.2) is 59.5 Å². The number of amides is 1. The molecular weight excluding hydrogens is 324 g/mol. The fourth-order valence-corrected chi connectivity index (χ4v) is 3.82. The van der Waals surface area contributed by atoms with Gasteiger partial charge in [0, 0.05) is 25.2 Å². The average Bonchev–Trinajstić information content (AvgIpc) is 3.02. The number of nitrogens with one attached hydrogen (secondary N) is 1. The SMILES string of the molecule is O=C1CCCN1c1ccc(S(=O)(=O)NCCc2ccccc2)cc1. The number of carbonyl (C=O) groups excluding carboxylic acids is 1. The lowest BCUT2D eigenvalue weighted by Gasteiger charge is -2.16. The Labute approximate surface area is 142 Å². The summed E-state index contributed by atoms with van der Waals surface area (Å²) in [6, 6.07) is 16.2. The first-order valence-corrected chi connectivity index (χ1v) is 9.49. The molecule has 1 fully saturated rings. The van der Waals surface area contributed by atoms with Gasteiger partial charge in [-0.3, -0.25) is 4.79 Å². The van der Waals surface area contributed by atoms with Crippen molar-refractivity contribution in [2.45, 2.75) is 24.2 Å². The molecule has 2 aromatic carbocycles. The van der Waals surface area contributed by atoms with Gasteiger partial charge in [-0.15, -0.1) is 0 Å². The first kappa shape index (κ1) is 16.7. The van der Waals surface area contributed by atoms with E-state index in [1.807, 2.05) is 30.3 Å². The van der Waals surface area contributed by atoms with Crippen molar-refractivity contribution in [3.05, 3.63) is 60.2 Å². The molecule has 1 amide bonds. The molecule has 126 valence electrons. The van der Waals surface area contributed by atoms with Gasteiger partial charge in [0.15, 0.2) is 0 Å². The monoisotopic (exact) mass is 344 g/mol. The van der Waals surface area contributed by atoms with Gasteiger partial charge in [-0.2, -0.15) is 0 Å². The number of rotatable bonds is 6. The highest BCUT2D eigenvalue weighted by Gasteiger charge is 2.22. The minimum Gasteiger partial charge on any atom is -0.312 e. The van der Waals surface area contributed by atoms with Crippen LogP contribution in [0.3, 0.4) is 0 Å². The van der Waals surface area contributed by atoms with Crippen LogP contribution in [0.5, 0.6) is 0 Å². The molecule has 3 rings (SSSR count). The van der Waals surface area contributed by atoms with Crippen molar-refractivity contribution < 1.29 is 13.2 Å². The van der Waals surface area contributed by atoms with Crippen molar-refractivity contribution in [3.63, 3.8) is 0 Å². The Hall–Kier alpha value is -2.18. The van der Waals surface area contributed by atoms with Crippen LogP contribution < -0.4 is 9.62 Å². The summed E-state index contributed by atoms with van der Waals surface area (Å²) in [5, 5.41) is 0. The predicted molar refractivity (Wildman–Crippen MR) is 93.4 cm³/mol. The minimum atomic E-state index is -3.54. The van der Waals surface area contributed by atoms with Crippen molar-refractivity contribution in [1.29, 1.82) is 0 Å². The van der Waals surface area contributed by atoms with E-state index in [1.54, 1.807) is 29.2 Å². The van der Waals surface area contributed by atoms with Crippen LogP contribution in [0.2, 0.25) is 0 Å². The van der Waals surface area contributed by atoms with E-state index in [2.05, 4.69) is 4.72 Å². The maximum absolute atomic E-state index is 12.3. The Morgan fingerprint density at radius 2 is 1.71 bits per heavy atom. The molecule has 0 aromatic heterocycles. The Morgan fingerprint density at radius 1 is 1.00 bits per heavy atom. The van der Waals surface area contributed by atoms with E-state index in [0.29, 0.717) is 25.9 Å². The summed E-state index contributed by atoms with van der Waals surface area (Å²) in [5.41, 5.74) is 1.84. The highest BCUT2D eigenvalue weighted by molar-refractivity contribution is 7.89. The Balaban J connectivity index is 1.63. The molecule has 0 radical (unpaired) electrons. The summed E-state index contributed by atoms with van der Waals surface area (Å²) in [6.45, 7) is 1.04. The average molecular weight is 344 g/mol. The van der Waals surface area contributed by atoms with Gasteiger partial charge in [-0.1, -0.05) is 30.3 Å². The largest absolute Gasteiger partial charge is 0.312 e. The quantitative estimate of drug-likeness (QED) is 0.875.